The van der Waals surface area contributed by atoms with Gasteiger partial charge in [-0.25, -0.2) is 4.79 Å². The minimum Gasteiger partial charge on any atom is -0.478 e. The molecule has 0 bridgehead atoms. The SMILES string of the molecule is Cc1cc(NC2(CO)CCCCC2)cc(C(=O)O)c1N. The maximum atomic E-state index is 11.2. The maximum Gasteiger partial charge on any atom is 0.337 e. The molecular weight excluding hydrogens is 256 g/mol. The van der Waals surface area contributed by atoms with Crippen LogP contribution < -0.4 is 11.1 Å². The number of hydrogen-bond donors (Lipinski definition) is 4. The molecule has 0 spiro atoms. The molecule has 0 atom stereocenters. The highest BCUT2D eigenvalue weighted by molar-refractivity contribution is 5.95. The van der Waals surface area contributed by atoms with Gasteiger partial charge in [0, 0.05) is 11.4 Å². The molecule has 0 amide bonds. The van der Waals surface area contributed by atoms with Crippen molar-refractivity contribution in [1.82, 2.24) is 0 Å². The molecule has 0 saturated heterocycles. The fourth-order valence-corrected chi connectivity index (χ4v) is 2.90. The number of nitrogens with two attached hydrogens (primary N) is 1. The Bertz CT molecular complexity index is 508. The van der Waals surface area contributed by atoms with Crippen molar-refractivity contribution in [3.8, 4) is 0 Å². The van der Waals surface area contributed by atoms with Crippen molar-refractivity contribution in [3.63, 3.8) is 0 Å². The van der Waals surface area contributed by atoms with Crippen LogP contribution in [0.25, 0.3) is 0 Å². The van der Waals surface area contributed by atoms with Crippen LogP contribution in [0.4, 0.5) is 11.4 Å². The number of rotatable bonds is 4. The van der Waals surface area contributed by atoms with Crippen LogP contribution in [0.5, 0.6) is 0 Å². The molecule has 1 aliphatic carbocycles. The molecule has 5 nitrogen and oxygen atoms in total. The van der Waals surface area contributed by atoms with E-state index in [1.165, 1.54) is 6.42 Å². The molecule has 1 aromatic rings. The summed E-state index contributed by atoms with van der Waals surface area (Å²) in [5.74, 6) is -1.03. The third-order valence-corrected chi connectivity index (χ3v) is 4.14. The second-order valence-corrected chi connectivity index (χ2v) is 5.68. The lowest BCUT2D eigenvalue weighted by molar-refractivity contribution is 0.0698. The van der Waals surface area contributed by atoms with Gasteiger partial charge in [-0.05, 0) is 37.5 Å². The lowest BCUT2D eigenvalue weighted by Gasteiger charge is -2.37. The van der Waals surface area contributed by atoms with Crippen molar-refractivity contribution in [1.29, 1.82) is 0 Å². The van der Waals surface area contributed by atoms with E-state index in [-0.39, 0.29) is 17.7 Å². The summed E-state index contributed by atoms with van der Waals surface area (Å²) >= 11 is 0. The summed E-state index contributed by atoms with van der Waals surface area (Å²) in [5, 5.41) is 22.2. The number of aliphatic hydroxyl groups excluding tert-OH is 1. The lowest BCUT2D eigenvalue weighted by Crippen LogP contribution is -2.43. The summed E-state index contributed by atoms with van der Waals surface area (Å²) in [5.41, 5.74) is 7.31. The Balaban J connectivity index is 2.31. The first-order valence-corrected chi connectivity index (χ1v) is 7.00. The predicted molar refractivity (Wildman–Crippen MR) is 79.1 cm³/mol. The van der Waals surface area contributed by atoms with Gasteiger partial charge in [-0.1, -0.05) is 19.3 Å². The van der Waals surface area contributed by atoms with Gasteiger partial charge >= 0.3 is 5.97 Å². The number of nitrogens with one attached hydrogen (secondary N) is 1. The Kier molecular flexibility index (Phi) is 4.18. The molecule has 1 aromatic carbocycles. The summed E-state index contributed by atoms with van der Waals surface area (Å²) in [6, 6.07) is 3.39. The van der Waals surface area contributed by atoms with Crippen LogP contribution in [-0.4, -0.2) is 28.3 Å². The highest BCUT2D eigenvalue weighted by Crippen LogP contribution is 2.33. The van der Waals surface area contributed by atoms with Crippen molar-refractivity contribution >= 4 is 17.3 Å². The molecule has 110 valence electrons. The van der Waals surface area contributed by atoms with Crippen molar-refractivity contribution in [3.05, 3.63) is 23.3 Å². The Labute approximate surface area is 118 Å². The standard InChI is InChI=1S/C15H22N2O3/c1-10-7-11(8-12(13(10)16)14(19)20)17-15(9-18)5-3-2-4-6-15/h7-8,17-18H,2-6,9,16H2,1H3,(H,19,20). The van der Waals surface area contributed by atoms with Crippen molar-refractivity contribution in [2.45, 2.75) is 44.6 Å². The molecule has 20 heavy (non-hydrogen) atoms. The highest BCUT2D eigenvalue weighted by Gasteiger charge is 2.31. The largest absolute Gasteiger partial charge is 0.478 e. The molecule has 0 aliphatic heterocycles. The minimum absolute atomic E-state index is 0.0544. The van der Waals surface area contributed by atoms with E-state index in [0.717, 1.165) is 31.2 Å². The Hall–Kier alpha value is -1.75. The first-order chi connectivity index (χ1) is 9.47. The topological polar surface area (TPSA) is 95.6 Å². The zero-order chi connectivity index (χ0) is 14.8. The average molecular weight is 278 g/mol. The second kappa shape index (κ2) is 5.71. The van der Waals surface area contributed by atoms with Crippen LogP contribution in [0.3, 0.4) is 0 Å². The maximum absolute atomic E-state index is 11.2. The van der Waals surface area contributed by atoms with E-state index in [9.17, 15) is 15.0 Å². The minimum atomic E-state index is -1.03. The zero-order valence-electron chi connectivity index (χ0n) is 11.8. The van der Waals surface area contributed by atoms with Gasteiger partial charge in [0.25, 0.3) is 0 Å². The van der Waals surface area contributed by atoms with E-state index in [1.54, 1.807) is 13.0 Å². The van der Waals surface area contributed by atoms with Gasteiger partial charge in [-0.2, -0.15) is 0 Å². The van der Waals surface area contributed by atoms with Gasteiger partial charge < -0.3 is 21.3 Å². The van der Waals surface area contributed by atoms with E-state index in [4.69, 9.17) is 5.73 Å². The number of hydrogen-bond acceptors (Lipinski definition) is 4. The number of nitrogen functional groups attached to an aromatic ring is 1. The van der Waals surface area contributed by atoms with E-state index >= 15 is 0 Å². The number of anilines is 2. The predicted octanol–water partition coefficient (Wildman–Crippen LogP) is 2.38. The first kappa shape index (κ1) is 14.7. The van der Waals surface area contributed by atoms with Crippen molar-refractivity contribution < 1.29 is 15.0 Å². The molecule has 2 rings (SSSR count). The van der Waals surface area contributed by atoms with Crippen LogP contribution in [0.2, 0.25) is 0 Å². The van der Waals surface area contributed by atoms with Gasteiger partial charge in [0.05, 0.1) is 17.7 Å². The summed E-state index contributed by atoms with van der Waals surface area (Å²) in [6.07, 6.45) is 5.13. The van der Waals surface area contributed by atoms with Crippen molar-refractivity contribution in [2.75, 3.05) is 17.7 Å². The molecule has 1 aliphatic rings. The second-order valence-electron chi connectivity index (χ2n) is 5.68. The summed E-state index contributed by atoms with van der Waals surface area (Å²) in [6.45, 7) is 1.85. The van der Waals surface area contributed by atoms with Crippen LogP contribution in [-0.2, 0) is 0 Å². The number of benzene rings is 1. The average Bonchev–Trinajstić information content (AvgIpc) is 2.43. The van der Waals surface area contributed by atoms with Crippen LogP contribution in [0.1, 0.15) is 48.0 Å². The van der Waals surface area contributed by atoms with Gasteiger partial charge in [0.2, 0.25) is 0 Å². The van der Waals surface area contributed by atoms with E-state index in [2.05, 4.69) is 5.32 Å². The van der Waals surface area contributed by atoms with Gasteiger partial charge in [-0.15, -0.1) is 0 Å². The summed E-state index contributed by atoms with van der Waals surface area (Å²) < 4.78 is 0. The Morgan fingerprint density at radius 2 is 2.00 bits per heavy atom. The molecule has 0 aromatic heterocycles. The molecule has 0 heterocycles. The molecule has 5 N–H and O–H groups in total. The zero-order valence-corrected chi connectivity index (χ0v) is 11.8. The third-order valence-electron chi connectivity index (χ3n) is 4.14. The number of aliphatic hydroxyl groups is 1. The smallest absolute Gasteiger partial charge is 0.337 e. The number of carboxylic acids is 1. The summed E-state index contributed by atoms with van der Waals surface area (Å²) in [4.78, 5) is 11.2. The molecular formula is C15H22N2O3. The van der Waals surface area contributed by atoms with Crippen LogP contribution >= 0.6 is 0 Å². The van der Waals surface area contributed by atoms with E-state index in [0.29, 0.717) is 11.4 Å². The Morgan fingerprint density at radius 1 is 1.35 bits per heavy atom. The molecule has 0 unspecified atom stereocenters. The normalized spacial score (nSPS) is 17.7. The molecule has 0 radical (unpaired) electrons. The van der Waals surface area contributed by atoms with Gasteiger partial charge in [0.1, 0.15) is 0 Å². The van der Waals surface area contributed by atoms with Gasteiger partial charge in [0.15, 0.2) is 0 Å². The quantitative estimate of drug-likeness (QED) is 0.634. The van der Waals surface area contributed by atoms with Crippen LogP contribution in [0, 0.1) is 6.92 Å². The molecule has 5 heteroatoms. The molecule has 1 saturated carbocycles. The number of aryl methyl sites for hydroxylation is 1. The van der Waals surface area contributed by atoms with Gasteiger partial charge in [-0.3, -0.25) is 0 Å². The van der Waals surface area contributed by atoms with Crippen molar-refractivity contribution in [2.24, 2.45) is 0 Å². The third kappa shape index (κ3) is 2.88. The number of carboxylic acid groups (broad SMARTS) is 1. The lowest BCUT2D eigenvalue weighted by atomic mass is 9.82. The van der Waals surface area contributed by atoms with E-state index < -0.39 is 5.97 Å². The monoisotopic (exact) mass is 278 g/mol. The Morgan fingerprint density at radius 3 is 2.55 bits per heavy atom. The first-order valence-electron chi connectivity index (χ1n) is 7.00. The number of aromatic carboxylic acids is 1. The highest BCUT2D eigenvalue weighted by atomic mass is 16.4. The number of carbonyl (C=O) groups is 1. The fourth-order valence-electron chi connectivity index (χ4n) is 2.90. The summed E-state index contributed by atoms with van der Waals surface area (Å²) in [7, 11) is 0. The molecule has 1 fully saturated rings. The van der Waals surface area contributed by atoms with E-state index in [1.807, 2.05) is 6.07 Å². The fraction of sp³-hybridized carbons (Fsp3) is 0.533. The van der Waals surface area contributed by atoms with Crippen LogP contribution in [0.15, 0.2) is 12.1 Å².